The molecule has 31 heavy (non-hydrogen) atoms. The van der Waals surface area contributed by atoms with Gasteiger partial charge in [0.2, 0.25) is 0 Å². The molecule has 5 rings (SSSR count). The van der Waals surface area contributed by atoms with Crippen LogP contribution in [0, 0.1) is 12.8 Å². The van der Waals surface area contributed by atoms with Crippen LogP contribution in [0.3, 0.4) is 0 Å². The van der Waals surface area contributed by atoms with Crippen LogP contribution in [0.4, 0.5) is 0 Å². The first-order chi connectivity index (χ1) is 14.6. The summed E-state index contributed by atoms with van der Waals surface area (Å²) in [6.07, 6.45) is 2.70. The van der Waals surface area contributed by atoms with E-state index in [4.69, 9.17) is 4.74 Å². The molecular weight excluding hydrogens is 430 g/mol. The molecule has 2 aliphatic carbocycles. The molecule has 164 valence electrons. The molecule has 2 aliphatic rings. The lowest BCUT2D eigenvalue weighted by Crippen LogP contribution is -2.44. The maximum Gasteiger partial charge on any atom is 0.168 e. The number of benzene rings is 2. The van der Waals surface area contributed by atoms with Crippen LogP contribution in [0.1, 0.15) is 39.4 Å². The molecule has 1 fully saturated rings. The molecule has 0 spiro atoms. The molecule has 6 heteroatoms. The number of rotatable bonds is 5. The zero-order chi connectivity index (χ0) is 20.7. The Hall–Kier alpha value is -1.92. The van der Waals surface area contributed by atoms with E-state index in [2.05, 4.69) is 30.4 Å². The molecule has 1 unspecified atom stereocenters. The lowest BCUT2D eigenvalue weighted by atomic mass is 9.87. The fraction of sp³-hybridized carbons (Fsp3) is 0.400. The van der Waals surface area contributed by atoms with E-state index in [0.717, 1.165) is 47.8 Å². The minimum absolute atomic E-state index is 0. The van der Waals surface area contributed by atoms with Gasteiger partial charge in [0.1, 0.15) is 18.0 Å². The van der Waals surface area contributed by atoms with E-state index in [1.165, 1.54) is 9.75 Å². The van der Waals surface area contributed by atoms with Gasteiger partial charge in [0.05, 0.1) is 0 Å². The van der Waals surface area contributed by atoms with E-state index in [-0.39, 0.29) is 36.3 Å². The molecule has 2 aromatic carbocycles. The van der Waals surface area contributed by atoms with Crippen molar-refractivity contribution >= 4 is 40.3 Å². The van der Waals surface area contributed by atoms with Crippen molar-refractivity contribution in [1.82, 2.24) is 5.32 Å². The van der Waals surface area contributed by atoms with Gasteiger partial charge in [-0.2, -0.15) is 0 Å². The Morgan fingerprint density at radius 1 is 1.13 bits per heavy atom. The standard InChI is InChI=1S/C25H27NO3S.ClH/c1-15-13-19-23(30-15)12-9-17(24(19)27)14-26-20-10-11-22(25(20)28)29-21-8-4-6-16-5-2-3-7-18(16)21;/h2-8,13,17,20,22,25-26,28H,9-12,14H2,1H3;1H/t17?,20-,22-,25-;/m0./s1. The summed E-state index contributed by atoms with van der Waals surface area (Å²) in [7, 11) is 0. The summed E-state index contributed by atoms with van der Waals surface area (Å²) in [5.74, 6) is 1.07. The highest BCUT2D eigenvalue weighted by Crippen LogP contribution is 2.33. The number of hydrogen-bond donors (Lipinski definition) is 2. The molecular formula is C25H28ClNO3S. The monoisotopic (exact) mass is 457 g/mol. The van der Waals surface area contributed by atoms with Gasteiger partial charge in [0, 0.05) is 39.2 Å². The number of ketones is 1. The number of Topliss-reactive ketones (excluding diaryl/α,β-unsaturated/α-hetero) is 1. The van der Waals surface area contributed by atoms with Gasteiger partial charge >= 0.3 is 0 Å². The average molecular weight is 458 g/mol. The summed E-state index contributed by atoms with van der Waals surface area (Å²) in [4.78, 5) is 15.3. The predicted molar refractivity (Wildman–Crippen MR) is 128 cm³/mol. The molecule has 3 aromatic rings. The number of carbonyl (C=O) groups excluding carboxylic acids is 1. The van der Waals surface area contributed by atoms with Crippen LogP contribution in [0.5, 0.6) is 5.75 Å². The van der Waals surface area contributed by atoms with Gasteiger partial charge in [-0.15, -0.1) is 23.7 Å². The Morgan fingerprint density at radius 3 is 2.81 bits per heavy atom. The van der Waals surface area contributed by atoms with Crippen molar-refractivity contribution in [1.29, 1.82) is 0 Å². The van der Waals surface area contributed by atoms with Crippen molar-refractivity contribution in [3.05, 3.63) is 63.8 Å². The number of halogens is 1. The van der Waals surface area contributed by atoms with Gasteiger partial charge in [0.15, 0.2) is 5.78 Å². The highest BCUT2D eigenvalue weighted by Gasteiger charge is 2.37. The SMILES string of the molecule is Cc1cc2c(s1)CCC(CN[C@H]1CC[C@H](Oc3cccc4ccccc34)[C@H]1O)C2=O.Cl. The Morgan fingerprint density at radius 2 is 1.94 bits per heavy atom. The van der Waals surface area contributed by atoms with Crippen molar-refractivity contribution in [2.75, 3.05) is 6.54 Å². The zero-order valence-electron chi connectivity index (χ0n) is 17.5. The van der Waals surface area contributed by atoms with Gasteiger partial charge < -0.3 is 15.2 Å². The molecule has 1 saturated carbocycles. The number of nitrogens with one attached hydrogen (secondary N) is 1. The Kier molecular flexibility index (Phi) is 6.68. The normalized spacial score (nSPS) is 25.3. The lowest BCUT2D eigenvalue weighted by molar-refractivity contribution is 0.0450. The van der Waals surface area contributed by atoms with E-state index < -0.39 is 6.10 Å². The minimum Gasteiger partial charge on any atom is -0.487 e. The van der Waals surface area contributed by atoms with E-state index in [1.807, 2.05) is 30.3 Å². The van der Waals surface area contributed by atoms with E-state index in [1.54, 1.807) is 11.3 Å². The highest BCUT2D eigenvalue weighted by atomic mass is 35.5. The van der Waals surface area contributed by atoms with Crippen molar-refractivity contribution < 1.29 is 14.6 Å². The molecule has 0 aliphatic heterocycles. The van der Waals surface area contributed by atoms with Gasteiger partial charge in [-0.25, -0.2) is 0 Å². The second-order valence-electron chi connectivity index (χ2n) is 8.51. The molecule has 1 aromatic heterocycles. The van der Waals surface area contributed by atoms with Crippen molar-refractivity contribution in [2.45, 2.75) is 50.9 Å². The summed E-state index contributed by atoms with van der Waals surface area (Å²) < 4.78 is 6.24. The molecule has 1 heterocycles. The smallest absolute Gasteiger partial charge is 0.168 e. The fourth-order valence-electron chi connectivity index (χ4n) is 4.86. The molecule has 2 N–H and O–H groups in total. The third-order valence-electron chi connectivity index (χ3n) is 6.50. The highest BCUT2D eigenvalue weighted by molar-refractivity contribution is 7.12. The number of hydrogen-bond acceptors (Lipinski definition) is 5. The van der Waals surface area contributed by atoms with Crippen LogP contribution in [0.25, 0.3) is 10.8 Å². The number of aliphatic hydroxyl groups is 1. The van der Waals surface area contributed by atoms with E-state index in [0.29, 0.717) is 6.54 Å². The Labute approximate surface area is 193 Å². The number of fused-ring (bicyclic) bond motifs is 2. The predicted octanol–water partition coefficient (Wildman–Crippen LogP) is 4.94. The van der Waals surface area contributed by atoms with Gasteiger partial charge in [-0.1, -0.05) is 36.4 Å². The van der Waals surface area contributed by atoms with Gasteiger partial charge in [-0.05, 0) is 50.1 Å². The largest absolute Gasteiger partial charge is 0.487 e. The van der Waals surface area contributed by atoms with Crippen LogP contribution < -0.4 is 10.1 Å². The third kappa shape index (κ3) is 4.37. The Balaban J connectivity index is 0.00000231. The summed E-state index contributed by atoms with van der Waals surface area (Å²) in [5, 5.41) is 16.5. The maximum absolute atomic E-state index is 12.8. The van der Waals surface area contributed by atoms with Gasteiger partial charge in [0.25, 0.3) is 0 Å². The molecule has 0 bridgehead atoms. The Bertz CT molecular complexity index is 1080. The number of ether oxygens (including phenoxy) is 1. The molecule has 0 radical (unpaired) electrons. The number of carbonyl (C=O) groups is 1. The van der Waals surface area contributed by atoms with Crippen molar-refractivity contribution in [2.24, 2.45) is 5.92 Å². The van der Waals surface area contributed by atoms with Crippen LogP contribution in [0.2, 0.25) is 0 Å². The van der Waals surface area contributed by atoms with E-state index >= 15 is 0 Å². The van der Waals surface area contributed by atoms with Crippen LogP contribution in [-0.2, 0) is 6.42 Å². The first-order valence-electron chi connectivity index (χ1n) is 10.8. The van der Waals surface area contributed by atoms with Crippen LogP contribution in [-0.4, -0.2) is 35.7 Å². The topological polar surface area (TPSA) is 58.6 Å². The maximum atomic E-state index is 12.8. The minimum atomic E-state index is -0.582. The van der Waals surface area contributed by atoms with Crippen LogP contribution in [0.15, 0.2) is 48.5 Å². The average Bonchev–Trinajstić information content (AvgIpc) is 3.30. The second-order valence-corrected chi connectivity index (χ2v) is 9.85. The second kappa shape index (κ2) is 9.29. The van der Waals surface area contributed by atoms with E-state index in [9.17, 15) is 9.90 Å². The zero-order valence-corrected chi connectivity index (χ0v) is 19.2. The number of aryl methyl sites for hydroxylation is 2. The first-order valence-corrected chi connectivity index (χ1v) is 11.6. The molecule has 4 nitrogen and oxygen atoms in total. The summed E-state index contributed by atoms with van der Waals surface area (Å²) in [5.41, 5.74) is 0.916. The fourth-order valence-corrected chi connectivity index (χ4v) is 5.91. The number of aliphatic hydroxyl groups excluding tert-OH is 1. The van der Waals surface area contributed by atoms with Gasteiger partial charge in [-0.3, -0.25) is 4.79 Å². The summed E-state index contributed by atoms with van der Waals surface area (Å²) >= 11 is 1.74. The molecule has 4 atom stereocenters. The quantitative estimate of drug-likeness (QED) is 0.570. The lowest BCUT2D eigenvalue weighted by Gasteiger charge is -2.26. The summed E-state index contributed by atoms with van der Waals surface area (Å²) in [6.45, 7) is 2.68. The van der Waals surface area contributed by atoms with Crippen molar-refractivity contribution in [3.8, 4) is 5.75 Å². The third-order valence-corrected chi connectivity index (χ3v) is 7.61. The van der Waals surface area contributed by atoms with Crippen molar-refractivity contribution in [3.63, 3.8) is 0 Å². The molecule has 0 saturated heterocycles. The van der Waals surface area contributed by atoms with Crippen LogP contribution >= 0.6 is 23.7 Å². The molecule has 0 amide bonds. The first kappa shape index (κ1) is 22.3. The summed E-state index contributed by atoms with van der Waals surface area (Å²) in [6, 6.07) is 16.2. The number of thiophene rings is 1.